The summed E-state index contributed by atoms with van der Waals surface area (Å²) >= 11 is 1.23. The number of halogens is 1. The van der Waals surface area contributed by atoms with E-state index in [0.29, 0.717) is 11.4 Å². The topological polar surface area (TPSA) is 59.4 Å². The normalized spacial score (nSPS) is 11.5. The Hall–Kier alpha value is -2.23. The van der Waals surface area contributed by atoms with Crippen molar-refractivity contribution in [1.29, 1.82) is 0 Å². The van der Waals surface area contributed by atoms with Crippen LogP contribution in [0.1, 0.15) is 34.4 Å². The Kier molecular flexibility index (Phi) is 5.26. The summed E-state index contributed by atoms with van der Waals surface area (Å²) in [5, 5.41) is 11.2. The lowest BCUT2D eigenvalue weighted by molar-refractivity contribution is 0.103. The number of hydrogen-bond donors (Lipinski definition) is 1. The largest absolute Gasteiger partial charge is 0.494 e. The van der Waals surface area contributed by atoms with Crippen molar-refractivity contribution in [2.45, 2.75) is 19.4 Å². The molecule has 114 valence electrons. The molecule has 0 amide bonds. The van der Waals surface area contributed by atoms with Gasteiger partial charge in [-0.2, -0.15) is 0 Å². The molecule has 1 unspecified atom stereocenters. The molecule has 1 aromatic carbocycles. The van der Waals surface area contributed by atoms with Crippen molar-refractivity contribution >= 4 is 17.1 Å². The molecule has 0 fully saturated rings. The van der Waals surface area contributed by atoms with Crippen molar-refractivity contribution < 1.29 is 19.0 Å². The van der Waals surface area contributed by atoms with Crippen LogP contribution in [-0.4, -0.2) is 29.1 Å². The standard InChI is InChI=1S/C16H14FNO3S/c1-10(19)4-3-5-15-18-13(9-22-15)16(20)11-6-7-14(21-2)12(17)8-11/h6-10,19H,4H2,1-2H3. The van der Waals surface area contributed by atoms with Crippen LogP contribution in [0.3, 0.4) is 0 Å². The number of carbonyl (C=O) groups excluding carboxylic acids is 1. The Morgan fingerprint density at radius 3 is 2.95 bits per heavy atom. The first kappa shape index (κ1) is 16.1. The number of ketones is 1. The van der Waals surface area contributed by atoms with Crippen molar-refractivity contribution in [1.82, 2.24) is 4.98 Å². The van der Waals surface area contributed by atoms with E-state index in [0.717, 1.165) is 6.07 Å². The van der Waals surface area contributed by atoms with Gasteiger partial charge in [0, 0.05) is 17.4 Å². The predicted molar refractivity (Wildman–Crippen MR) is 81.7 cm³/mol. The number of rotatable bonds is 4. The number of ether oxygens (including phenoxy) is 1. The molecule has 0 bridgehead atoms. The fourth-order valence-corrected chi connectivity index (χ4v) is 2.33. The van der Waals surface area contributed by atoms with Gasteiger partial charge in [0.25, 0.3) is 0 Å². The average Bonchev–Trinajstić information content (AvgIpc) is 2.95. The van der Waals surface area contributed by atoms with Crippen LogP contribution in [0.25, 0.3) is 0 Å². The number of methoxy groups -OCH3 is 1. The van der Waals surface area contributed by atoms with Crippen LogP contribution in [-0.2, 0) is 0 Å². The van der Waals surface area contributed by atoms with E-state index in [2.05, 4.69) is 16.8 Å². The Balaban J connectivity index is 2.18. The molecule has 0 radical (unpaired) electrons. The van der Waals surface area contributed by atoms with Crippen molar-refractivity contribution in [2.24, 2.45) is 0 Å². The highest BCUT2D eigenvalue weighted by atomic mass is 32.1. The number of aliphatic hydroxyl groups excluding tert-OH is 1. The summed E-state index contributed by atoms with van der Waals surface area (Å²) in [5.74, 6) is 4.67. The molecule has 2 aromatic rings. The van der Waals surface area contributed by atoms with Crippen molar-refractivity contribution in [3.8, 4) is 17.6 Å². The van der Waals surface area contributed by atoms with Gasteiger partial charge in [-0.05, 0) is 31.0 Å². The summed E-state index contributed by atoms with van der Waals surface area (Å²) in [6, 6.07) is 4.01. The molecule has 0 saturated heterocycles. The smallest absolute Gasteiger partial charge is 0.212 e. The van der Waals surface area contributed by atoms with Crippen LogP contribution in [0.15, 0.2) is 23.6 Å². The summed E-state index contributed by atoms with van der Waals surface area (Å²) in [6.45, 7) is 1.64. The molecular formula is C16H14FNO3S. The van der Waals surface area contributed by atoms with E-state index < -0.39 is 11.9 Å². The first-order chi connectivity index (χ1) is 10.5. The summed E-state index contributed by atoms with van der Waals surface area (Å²) < 4.78 is 18.4. The van der Waals surface area contributed by atoms with Crippen LogP contribution in [0, 0.1) is 17.7 Å². The average molecular weight is 319 g/mol. The number of hydrogen-bond acceptors (Lipinski definition) is 5. The number of aromatic nitrogens is 1. The maximum absolute atomic E-state index is 13.6. The van der Waals surface area contributed by atoms with Gasteiger partial charge in [0.15, 0.2) is 16.6 Å². The Bertz CT molecular complexity index is 743. The minimum atomic E-state index is -0.597. The number of aliphatic hydroxyl groups is 1. The molecule has 1 heterocycles. The Labute approximate surface area is 131 Å². The van der Waals surface area contributed by atoms with E-state index in [1.54, 1.807) is 12.3 Å². The van der Waals surface area contributed by atoms with E-state index in [-0.39, 0.29) is 22.8 Å². The SMILES string of the molecule is COc1ccc(C(=O)c2csc(C#CCC(C)O)n2)cc1F. The van der Waals surface area contributed by atoms with E-state index in [1.807, 2.05) is 0 Å². The lowest BCUT2D eigenvalue weighted by atomic mass is 10.1. The van der Waals surface area contributed by atoms with E-state index >= 15 is 0 Å². The predicted octanol–water partition coefficient (Wildman–Crippen LogP) is 2.64. The van der Waals surface area contributed by atoms with Gasteiger partial charge in [-0.1, -0.05) is 5.92 Å². The second kappa shape index (κ2) is 7.16. The molecule has 1 N–H and O–H groups in total. The van der Waals surface area contributed by atoms with Gasteiger partial charge in [-0.3, -0.25) is 4.79 Å². The molecule has 1 aromatic heterocycles. The summed E-state index contributed by atoms with van der Waals surface area (Å²) in [4.78, 5) is 16.4. The van der Waals surface area contributed by atoms with Crippen LogP contribution < -0.4 is 4.74 Å². The van der Waals surface area contributed by atoms with E-state index in [4.69, 9.17) is 9.84 Å². The highest BCUT2D eigenvalue weighted by molar-refractivity contribution is 7.10. The molecule has 0 spiro atoms. The van der Waals surface area contributed by atoms with Gasteiger partial charge in [0.2, 0.25) is 5.78 Å². The summed E-state index contributed by atoms with van der Waals surface area (Å²) in [7, 11) is 1.36. The highest BCUT2D eigenvalue weighted by Crippen LogP contribution is 2.20. The number of nitrogens with zero attached hydrogens (tertiary/aromatic N) is 1. The maximum atomic E-state index is 13.6. The van der Waals surface area contributed by atoms with Gasteiger partial charge < -0.3 is 9.84 Å². The zero-order chi connectivity index (χ0) is 16.1. The van der Waals surface area contributed by atoms with Crippen LogP contribution >= 0.6 is 11.3 Å². The zero-order valence-corrected chi connectivity index (χ0v) is 12.9. The third kappa shape index (κ3) is 3.91. The van der Waals surface area contributed by atoms with E-state index in [9.17, 15) is 9.18 Å². The minimum Gasteiger partial charge on any atom is -0.494 e. The molecule has 0 aliphatic rings. The molecule has 22 heavy (non-hydrogen) atoms. The molecule has 6 heteroatoms. The number of thiazole rings is 1. The second-order valence-corrected chi connectivity index (χ2v) is 5.43. The van der Waals surface area contributed by atoms with Crippen LogP contribution in [0.5, 0.6) is 5.75 Å². The monoisotopic (exact) mass is 319 g/mol. The van der Waals surface area contributed by atoms with Crippen molar-refractivity contribution in [2.75, 3.05) is 7.11 Å². The second-order valence-electron chi connectivity index (χ2n) is 4.57. The summed E-state index contributed by atoms with van der Waals surface area (Å²) in [5.41, 5.74) is 0.419. The van der Waals surface area contributed by atoms with Gasteiger partial charge >= 0.3 is 0 Å². The molecular weight excluding hydrogens is 305 g/mol. The Morgan fingerprint density at radius 1 is 1.55 bits per heavy atom. The highest BCUT2D eigenvalue weighted by Gasteiger charge is 2.15. The van der Waals surface area contributed by atoms with Crippen LogP contribution in [0.2, 0.25) is 0 Å². The zero-order valence-electron chi connectivity index (χ0n) is 12.1. The first-order valence-corrected chi connectivity index (χ1v) is 7.40. The molecule has 0 aliphatic heterocycles. The van der Waals surface area contributed by atoms with Gasteiger partial charge in [0.05, 0.1) is 13.2 Å². The van der Waals surface area contributed by atoms with Gasteiger partial charge in [-0.15, -0.1) is 11.3 Å². The fourth-order valence-electron chi connectivity index (χ4n) is 1.67. The lowest BCUT2D eigenvalue weighted by Crippen LogP contribution is -2.03. The quantitative estimate of drug-likeness (QED) is 0.695. The third-order valence-electron chi connectivity index (χ3n) is 2.74. The maximum Gasteiger partial charge on any atom is 0.212 e. The van der Waals surface area contributed by atoms with Crippen molar-refractivity contribution in [3.05, 3.63) is 45.7 Å². The van der Waals surface area contributed by atoms with Crippen molar-refractivity contribution in [3.63, 3.8) is 0 Å². The van der Waals surface area contributed by atoms with E-state index in [1.165, 1.54) is 30.6 Å². The summed E-state index contributed by atoms with van der Waals surface area (Å²) in [6.07, 6.45) is -0.164. The molecule has 4 nitrogen and oxygen atoms in total. The lowest BCUT2D eigenvalue weighted by Gasteiger charge is -2.03. The molecule has 2 rings (SSSR count). The number of carbonyl (C=O) groups is 1. The Morgan fingerprint density at radius 2 is 2.32 bits per heavy atom. The first-order valence-electron chi connectivity index (χ1n) is 6.52. The van der Waals surface area contributed by atoms with Gasteiger partial charge in [0.1, 0.15) is 5.69 Å². The fraction of sp³-hybridized carbons (Fsp3) is 0.250. The molecule has 1 atom stereocenters. The third-order valence-corrected chi connectivity index (χ3v) is 3.50. The minimum absolute atomic E-state index is 0.0829. The van der Waals surface area contributed by atoms with Gasteiger partial charge in [-0.25, -0.2) is 9.37 Å². The molecule has 0 aliphatic carbocycles. The number of benzene rings is 1. The molecule has 0 saturated carbocycles. The van der Waals surface area contributed by atoms with Crippen LogP contribution in [0.4, 0.5) is 4.39 Å².